The van der Waals surface area contributed by atoms with Crippen LogP contribution in [0.1, 0.15) is 66.2 Å². The minimum absolute atomic E-state index is 0.153. The minimum atomic E-state index is -0.827. The first kappa shape index (κ1) is 15.5. The van der Waals surface area contributed by atoms with Crippen LogP contribution < -0.4 is 0 Å². The summed E-state index contributed by atoms with van der Waals surface area (Å²) in [6, 6.07) is 0. The van der Waals surface area contributed by atoms with Crippen LogP contribution in [0, 0.1) is 11.3 Å². The number of esters is 1. The number of aliphatic hydroxyl groups is 1. The minimum Gasteiger partial charge on any atom is -0.466 e. The lowest BCUT2D eigenvalue weighted by Gasteiger charge is -2.42. The van der Waals surface area contributed by atoms with E-state index >= 15 is 0 Å². The van der Waals surface area contributed by atoms with Crippen LogP contribution in [0.3, 0.4) is 0 Å². The predicted molar refractivity (Wildman–Crippen MR) is 72.2 cm³/mol. The molecular formula is C15H28O3. The van der Waals surface area contributed by atoms with Crippen molar-refractivity contribution in [3.63, 3.8) is 0 Å². The van der Waals surface area contributed by atoms with Gasteiger partial charge >= 0.3 is 5.97 Å². The van der Waals surface area contributed by atoms with Gasteiger partial charge in [-0.05, 0) is 43.9 Å². The van der Waals surface area contributed by atoms with E-state index in [9.17, 15) is 9.90 Å². The van der Waals surface area contributed by atoms with Gasteiger partial charge < -0.3 is 9.84 Å². The van der Waals surface area contributed by atoms with Crippen LogP contribution in [-0.4, -0.2) is 23.3 Å². The van der Waals surface area contributed by atoms with Crippen LogP contribution in [0.4, 0.5) is 0 Å². The SMILES string of the molecule is CCOC(=O)CC1(O)CCC(C(C)(C)CC)CC1. The molecule has 1 N–H and O–H groups in total. The monoisotopic (exact) mass is 256 g/mol. The molecule has 3 nitrogen and oxygen atoms in total. The van der Waals surface area contributed by atoms with Crippen LogP contribution in [0.2, 0.25) is 0 Å². The van der Waals surface area contributed by atoms with E-state index in [0.29, 0.717) is 17.9 Å². The molecule has 0 aromatic carbocycles. The molecule has 0 heterocycles. The smallest absolute Gasteiger partial charge is 0.308 e. The van der Waals surface area contributed by atoms with E-state index in [2.05, 4.69) is 20.8 Å². The lowest BCUT2D eigenvalue weighted by Crippen LogP contribution is -2.40. The van der Waals surface area contributed by atoms with Gasteiger partial charge in [-0.25, -0.2) is 0 Å². The number of carbonyl (C=O) groups excluding carboxylic acids is 1. The molecule has 0 amide bonds. The highest BCUT2D eigenvalue weighted by Crippen LogP contribution is 2.44. The van der Waals surface area contributed by atoms with E-state index in [-0.39, 0.29) is 12.4 Å². The third kappa shape index (κ3) is 3.98. The second-order valence-electron chi connectivity index (χ2n) is 6.32. The molecule has 0 spiro atoms. The molecule has 0 aliphatic heterocycles. The fourth-order valence-electron chi connectivity index (χ4n) is 2.88. The van der Waals surface area contributed by atoms with Gasteiger partial charge in [0.2, 0.25) is 0 Å². The van der Waals surface area contributed by atoms with E-state index in [1.165, 1.54) is 0 Å². The van der Waals surface area contributed by atoms with E-state index in [0.717, 1.165) is 32.1 Å². The Bertz CT molecular complexity index is 275. The zero-order valence-electron chi connectivity index (χ0n) is 12.3. The largest absolute Gasteiger partial charge is 0.466 e. The van der Waals surface area contributed by atoms with Gasteiger partial charge in [0.05, 0.1) is 18.6 Å². The standard InChI is InChI=1S/C15H28O3/c1-5-14(3,4)12-7-9-15(17,10-8-12)11-13(16)18-6-2/h12,17H,5-11H2,1-4H3. The Hall–Kier alpha value is -0.570. The first-order valence-electron chi connectivity index (χ1n) is 7.21. The fourth-order valence-corrected chi connectivity index (χ4v) is 2.88. The summed E-state index contributed by atoms with van der Waals surface area (Å²) in [5.41, 5.74) is -0.488. The van der Waals surface area contributed by atoms with E-state index < -0.39 is 5.60 Å². The predicted octanol–water partition coefficient (Wildman–Crippen LogP) is 3.30. The van der Waals surface area contributed by atoms with Gasteiger partial charge in [0, 0.05) is 0 Å². The third-order valence-corrected chi connectivity index (χ3v) is 4.71. The Labute approximate surface area is 111 Å². The lowest BCUT2D eigenvalue weighted by atomic mass is 9.66. The average molecular weight is 256 g/mol. The molecule has 0 aromatic heterocycles. The van der Waals surface area contributed by atoms with Gasteiger partial charge in [0.25, 0.3) is 0 Å². The summed E-state index contributed by atoms with van der Waals surface area (Å²) >= 11 is 0. The molecule has 18 heavy (non-hydrogen) atoms. The van der Waals surface area contributed by atoms with Crippen molar-refractivity contribution in [1.29, 1.82) is 0 Å². The summed E-state index contributed by atoms with van der Waals surface area (Å²) in [5, 5.41) is 10.4. The normalized spacial score (nSPS) is 29.1. The second-order valence-corrected chi connectivity index (χ2v) is 6.32. The fraction of sp³-hybridized carbons (Fsp3) is 0.933. The van der Waals surface area contributed by atoms with Crippen molar-refractivity contribution in [3.8, 4) is 0 Å². The Morgan fingerprint density at radius 2 is 1.89 bits per heavy atom. The molecule has 1 aliphatic carbocycles. The maximum absolute atomic E-state index is 11.5. The van der Waals surface area contributed by atoms with Gasteiger partial charge in [-0.15, -0.1) is 0 Å². The molecule has 0 bridgehead atoms. The Morgan fingerprint density at radius 1 is 1.33 bits per heavy atom. The Kier molecular flexibility index (Phi) is 5.20. The van der Waals surface area contributed by atoms with Crippen LogP contribution in [0.25, 0.3) is 0 Å². The molecule has 1 saturated carbocycles. The summed E-state index contributed by atoms with van der Waals surface area (Å²) in [7, 11) is 0. The van der Waals surface area contributed by atoms with E-state index in [4.69, 9.17) is 4.74 Å². The molecule has 0 aromatic rings. The molecular weight excluding hydrogens is 228 g/mol. The average Bonchev–Trinajstić information content (AvgIpc) is 2.29. The quantitative estimate of drug-likeness (QED) is 0.768. The Morgan fingerprint density at radius 3 is 2.33 bits per heavy atom. The zero-order valence-corrected chi connectivity index (χ0v) is 12.3. The van der Waals surface area contributed by atoms with Gasteiger partial charge in [-0.3, -0.25) is 4.79 Å². The first-order valence-corrected chi connectivity index (χ1v) is 7.21. The van der Waals surface area contributed by atoms with Crippen molar-refractivity contribution in [3.05, 3.63) is 0 Å². The maximum atomic E-state index is 11.5. The molecule has 1 fully saturated rings. The Balaban J connectivity index is 2.49. The van der Waals surface area contributed by atoms with Gasteiger partial charge in [0.1, 0.15) is 0 Å². The lowest BCUT2D eigenvalue weighted by molar-refractivity contribution is -0.150. The van der Waals surface area contributed by atoms with Crippen LogP contribution in [0.15, 0.2) is 0 Å². The van der Waals surface area contributed by atoms with Crippen LogP contribution in [0.5, 0.6) is 0 Å². The zero-order chi connectivity index (χ0) is 13.8. The molecule has 1 rings (SSSR count). The van der Waals surface area contributed by atoms with Crippen LogP contribution >= 0.6 is 0 Å². The summed E-state index contributed by atoms with van der Waals surface area (Å²) in [6.07, 6.45) is 4.78. The van der Waals surface area contributed by atoms with Gasteiger partial charge in [-0.2, -0.15) is 0 Å². The molecule has 3 heteroatoms. The van der Waals surface area contributed by atoms with Crippen molar-refractivity contribution < 1.29 is 14.6 Å². The third-order valence-electron chi connectivity index (χ3n) is 4.71. The maximum Gasteiger partial charge on any atom is 0.308 e. The van der Waals surface area contributed by atoms with Crippen molar-refractivity contribution in [2.75, 3.05) is 6.61 Å². The van der Waals surface area contributed by atoms with E-state index in [1.54, 1.807) is 6.92 Å². The van der Waals surface area contributed by atoms with E-state index in [1.807, 2.05) is 0 Å². The van der Waals surface area contributed by atoms with Crippen LogP contribution in [-0.2, 0) is 9.53 Å². The summed E-state index contributed by atoms with van der Waals surface area (Å²) in [6.45, 7) is 9.00. The summed E-state index contributed by atoms with van der Waals surface area (Å²) in [5.74, 6) is 0.387. The highest BCUT2D eigenvalue weighted by molar-refractivity contribution is 5.70. The molecule has 1 aliphatic rings. The molecule has 0 saturated heterocycles. The highest BCUT2D eigenvalue weighted by atomic mass is 16.5. The number of carbonyl (C=O) groups is 1. The van der Waals surface area contributed by atoms with Gasteiger partial charge in [0.15, 0.2) is 0 Å². The highest BCUT2D eigenvalue weighted by Gasteiger charge is 2.39. The topological polar surface area (TPSA) is 46.5 Å². The van der Waals surface area contributed by atoms with Crippen molar-refractivity contribution in [2.45, 2.75) is 71.8 Å². The van der Waals surface area contributed by atoms with Crippen molar-refractivity contribution >= 4 is 5.97 Å². The first-order chi connectivity index (χ1) is 8.33. The number of hydrogen-bond acceptors (Lipinski definition) is 3. The molecule has 0 radical (unpaired) electrons. The molecule has 0 unspecified atom stereocenters. The second kappa shape index (κ2) is 6.05. The summed E-state index contributed by atoms with van der Waals surface area (Å²) < 4.78 is 4.93. The number of ether oxygens (including phenoxy) is 1. The number of hydrogen-bond donors (Lipinski definition) is 1. The molecule has 0 atom stereocenters. The molecule has 106 valence electrons. The van der Waals surface area contributed by atoms with Crippen molar-refractivity contribution in [1.82, 2.24) is 0 Å². The number of rotatable bonds is 5. The summed E-state index contributed by atoms with van der Waals surface area (Å²) in [4.78, 5) is 11.5. The van der Waals surface area contributed by atoms with Crippen molar-refractivity contribution in [2.24, 2.45) is 11.3 Å². The van der Waals surface area contributed by atoms with Gasteiger partial charge in [-0.1, -0.05) is 27.2 Å².